The Morgan fingerprint density at radius 1 is 1.27 bits per heavy atom. The first kappa shape index (κ1) is 20.3. The number of hydrogen-bond donors (Lipinski definition) is 2. The molecule has 0 aliphatic carbocycles. The van der Waals surface area contributed by atoms with Gasteiger partial charge in [-0.15, -0.1) is 0 Å². The zero-order valence-corrected chi connectivity index (χ0v) is 16.9. The smallest absolute Gasteiger partial charge is 0.317 e. The number of rotatable bonds is 4. The van der Waals surface area contributed by atoms with Crippen molar-refractivity contribution in [2.24, 2.45) is 0 Å². The number of benzene rings is 1. The highest BCUT2D eigenvalue weighted by molar-refractivity contribution is 5.80. The normalized spacial score (nSPS) is 19.9. The van der Waals surface area contributed by atoms with Crippen molar-refractivity contribution in [2.75, 3.05) is 26.7 Å². The van der Waals surface area contributed by atoms with Crippen molar-refractivity contribution >= 4 is 11.9 Å². The van der Waals surface area contributed by atoms with Gasteiger partial charge in [0.05, 0.1) is 6.54 Å². The van der Waals surface area contributed by atoms with Crippen LogP contribution < -0.4 is 10.6 Å². The second-order valence-corrected chi connectivity index (χ2v) is 7.71. The molecule has 1 atom stereocenters. The Hall–Kier alpha value is -2.94. The van der Waals surface area contributed by atoms with E-state index >= 15 is 0 Å². The summed E-state index contributed by atoms with van der Waals surface area (Å²) in [6, 6.07) is 6.15. The van der Waals surface area contributed by atoms with Gasteiger partial charge in [0.25, 0.3) is 5.91 Å². The van der Waals surface area contributed by atoms with Crippen molar-refractivity contribution in [3.63, 3.8) is 0 Å². The van der Waals surface area contributed by atoms with Crippen LogP contribution in [0.2, 0.25) is 0 Å². The van der Waals surface area contributed by atoms with Gasteiger partial charge in [0.2, 0.25) is 0 Å². The van der Waals surface area contributed by atoms with Gasteiger partial charge in [-0.1, -0.05) is 12.1 Å². The lowest BCUT2D eigenvalue weighted by Crippen LogP contribution is -2.55. The summed E-state index contributed by atoms with van der Waals surface area (Å²) in [5.74, 6) is 0.392. The molecular weight excluding hydrogens is 389 g/mol. The second kappa shape index (κ2) is 8.43. The SMILES string of the molecule is CNC(=O)[C@@H]1Cn2ccnc2C2(CCN(C(=O)NCCc3ccc(F)cc3)CC2)O1. The zero-order valence-electron chi connectivity index (χ0n) is 16.9. The fourth-order valence-corrected chi connectivity index (χ4v) is 4.18. The lowest BCUT2D eigenvalue weighted by atomic mass is 9.88. The summed E-state index contributed by atoms with van der Waals surface area (Å²) in [5, 5.41) is 5.58. The predicted molar refractivity (Wildman–Crippen MR) is 107 cm³/mol. The number of nitrogens with one attached hydrogen (secondary N) is 2. The molecule has 2 N–H and O–H groups in total. The first-order valence-electron chi connectivity index (χ1n) is 10.2. The first-order valence-corrected chi connectivity index (χ1v) is 10.2. The molecule has 4 rings (SSSR count). The number of urea groups is 1. The maximum Gasteiger partial charge on any atom is 0.317 e. The van der Waals surface area contributed by atoms with E-state index in [1.54, 1.807) is 30.3 Å². The summed E-state index contributed by atoms with van der Waals surface area (Å²) >= 11 is 0. The number of halogens is 1. The van der Waals surface area contributed by atoms with Crippen LogP contribution in [-0.4, -0.2) is 59.2 Å². The van der Waals surface area contributed by atoms with E-state index in [9.17, 15) is 14.0 Å². The molecule has 2 aromatic rings. The molecule has 30 heavy (non-hydrogen) atoms. The fraction of sp³-hybridized carbons (Fsp3) is 0.476. The lowest BCUT2D eigenvalue weighted by Gasteiger charge is -2.45. The molecule has 9 heteroatoms. The van der Waals surface area contributed by atoms with Crippen LogP contribution >= 0.6 is 0 Å². The molecule has 8 nitrogen and oxygen atoms in total. The summed E-state index contributed by atoms with van der Waals surface area (Å²) in [5.41, 5.74) is 0.307. The quantitative estimate of drug-likeness (QED) is 0.790. The average Bonchev–Trinajstić information content (AvgIpc) is 3.25. The number of hydrogen-bond acceptors (Lipinski definition) is 4. The van der Waals surface area contributed by atoms with Crippen molar-refractivity contribution < 1.29 is 18.7 Å². The second-order valence-electron chi connectivity index (χ2n) is 7.71. The number of imidazole rings is 1. The van der Waals surface area contributed by atoms with Crippen LogP contribution in [0.5, 0.6) is 0 Å². The maximum absolute atomic E-state index is 13.0. The van der Waals surface area contributed by atoms with Gasteiger partial charge in [-0.3, -0.25) is 4.79 Å². The molecule has 0 saturated carbocycles. The number of fused-ring (bicyclic) bond motifs is 2. The molecule has 0 unspecified atom stereocenters. The number of nitrogens with zero attached hydrogens (tertiary/aromatic N) is 3. The van der Waals surface area contributed by atoms with E-state index in [2.05, 4.69) is 15.6 Å². The number of amides is 3. The topological polar surface area (TPSA) is 88.5 Å². The average molecular weight is 415 g/mol. The fourth-order valence-electron chi connectivity index (χ4n) is 4.18. The van der Waals surface area contributed by atoms with Crippen LogP contribution in [-0.2, 0) is 28.1 Å². The molecule has 2 aliphatic rings. The van der Waals surface area contributed by atoms with Crippen molar-refractivity contribution in [3.8, 4) is 0 Å². The first-order chi connectivity index (χ1) is 14.5. The van der Waals surface area contributed by atoms with Crippen LogP contribution in [0.15, 0.2) is 36.7 Å². The van der Waals surface area contributed by atoms with Gasteiger partial charge < -0.3 is 24.8 Å². The van der Waals surface area contributed by atoms with Gasteiger partial charge in [0.1, 0.15) is 17.2 Å². The number of ether oxygens (including phenoxy) is 1. The molecule has 3 heterocycles. The van der Waals surface area contributed by atoms with Crippen molar-refractivity contribution in [1.29, 1.82) is 0 Å². The Morgan fingerprint density at radius 3 is 2.70 bits per heavy atom. The third kappa shape index (κ3) is 4.02. The molecule has 160 valence electrons. The predicted octanol–water partition coefficient (Wildman–Crippen LogP) is 1.41. The molecule has 3 amide bonds. The minimum Gasteiger partial charge on any atom is -0.357 e. The van der Waals surface area contributed by atoms with Gasteiger partial charge in [-0.2, -0.15) is 0 Å². The maximum atomic E-state index is 13.0. The van der Waals surface area contributed by atoms with Gasteiger partial charge >= 0.3 is 6.03 Å². The summed E-state index contributed by atoms with van der Waals surface area (Å²) in [7, 11) is 1.60. The zero-order chi connectivity index (χ0) is 21.1. The summed E-state index contributed by atoms with van der Waals surface area (Å²) in [4.78, 5) is 31.0. The molecule has 1 aromatic carbocycles. The van der Waals surface area contributed by atoms with Gasteiger partial charge in [-0.05, 0) is 24.1 Å². The highest BCUT2D eigenvalue weighted by Gasteiger charge is 2.47. The highest BCUT2D eigenvalue weighted by Crippen LogP contribution is 2.40. The van der Waals surface area contributed by atoms with E-state index in [4.69, 9.17) is 4.74 Å². The number of carbonyl (C=O) groups excluding carboxylic acids is 2. The summed E-state index contributed by atoms with van der Waals surface area (Å²) < 4.78 is 21.2. The number of aromatic nitrogens is 2. The number of likely N-dealkylation sites (N-methyl/N-ethyl adjacent to an activating group) is 1. The third-order valence-corrected chi connectivity index (χ3v) is 5.85. The van der Waals surface area contributed by atoms with E-state index in [1.165, 1.54) is 12.1 Å². The van der Waals surface area contributed by atoms with E-state index in [0.29, 0.717) is 45.4 Å². The van der Waals surface area contributed by atoms with Crippen molar-refractivity contribution in [3.05, 3.63) is 53.9 Å². The molecule has 1 fully saturated rings. The van der Waals surface area contributed by atoms with Gasteiger partial charge in [0.15, 0.2) is 6.10 Å². The van der Waals surface area contributed by atoms with Crippen LogP contribution in [0.4, 0.5) is 9.18 Å². The molecule has 1 saturated heterocycles. The standard InChI is InChI=1S/C21H26FN5O3/c1-23-18(28)17-14-27-13-10-24-19(27)21(30-17)7-11-26(12-8-21)20(29)25-9-6-15-2-4-16(22)5-3-15/h2-5,10,13,17H,6-9,11-12,14H2,1H3,(H,23,28)(H,25,29)/t17-/m0/s1. The Kier molecular flexibility index (Phi) is 5.72. The highest BCUT2D eigenvalue weighted by atomic mass is 19.1. The Balaban J connectivity index is 1.34. The number of piperidine rings is 1. The Bertz CT molecular complexity index is 906. The minimum atomic E-state index is -0.663. The van der Waals surface area contributed by atoms with Gasteiger partial charge in [-0.25, -0.2) is 14.2 Å². The molecule has 0 bridgehead atoms. The lowest BCUT2D eigenvalue weighted by molar-refractivity contribution is -0.171. The van der Waals surface area contributed by atoms with Gasteiger partial charge in [0, 0.05) is 51.9 Å². The number of carbonyl (C=O) groups is 2. The van der Waals surface area contributed by atoms with E-state index in [1.807, 2.05) is 10.8 Å². The van der Waals surface area contributed by atoms with Crippen LogP contribution in [0.3, 0.4) is 0 Å². The van der Waals surface area contributed by atoms with E-state index < -0.39 is 11.7 Å². The molecular formula is C21H26FN5O3. The minimum absolute atomic E-state index is 0.131. The van der Waals surface area contributed by atoms with E-state index in [0.717, 1.165) is 11.4 Å². The van der Waals surface area contributed by atoms with E-state index in [-0.39, 0.29) is 17.8 Å². The monoisotopic (exact) mass is 415 g/mol. The Labute approximate surface area is 174 Å². The molecule has 2 aliphatic heterocycles. The molecule has 1 aromatic heterocycles. The van der Waals surface area contributed by atoms with Crippen molar-refractivity contribution in [1.82, 2.24) is 25.1 Å². The Morgan fingerprint density at radius 2 is 2.00 bits per heavy atom. The van der Waals surface area contributed by atoms with Crippen molar-refractivity contribution in [2.45, 2.75) is 37.5 Å². The largest absolute Gasteiger partial charge is 0.357 e. The van der Waals surface area contributed by atoms with Crippen LogP contribution in [0.25, 0.3) is 0 Å². The number of likely N-dealkylation sites (tertiary alicyclic amines) is 1. The summed E-state index contributed by atoms with van der Waals surface area (Å²) in [6.45, 7) is 1.93. The van der Waals surface area contributed by atoms with Crippen LogP contribution in [0.1, 0.15) is 24.2 Å². The third-order valence-electron chi connectivity index (χ3n) is 5.85. The molecule has 1 spiro atoms. The molecule has 0 radical (unpaired) electrons. The van der Waals surface area contributed by atoms with Crippen LogP contribution in [0, 0.1) is 5.82 Å². The summed E-state index contributed by atoms with van der Waals surface area (Å²) in [6.07, 6.45) is 4.79.